The van der Waals surface area contributed by atoms with Gasteiger partial charge in [0.25, 0.3) is 0 Å². The summed E-state index contributed by atoms with van der Waals surface area (Å²) in [7, 11) is 0. The minimum atomic E-state index is -1.83. The Kier molecular flexibility index (Phi) is 8.17. The Hall–Kier alpha value is -3.71. The first-order valence-corrected chi connectivity index (χ1v) is 12.6. The molecule has 0 saturated carbocycles. The van der Waals surface area contributed by atoms with Crippen molar-refractivity contribution in [1.29, 1.82) is 0 Å². The molecule has 0 amide bonds. The van der Waals surface area contributed by atoms with E-state index in [1.165, 1.54) is 12.1 Å². The lowest BCUT2D eigenvalue weighted by molar-refractivity contribution is -0.338. The fourth-order valence-corrected chi connectivity index (χ4v) is 4.68. The summed E-state index contributed by atoms with van der Waals surface area (Å²) in [5.74, 6) is -3.47. The fourth-order valence-electron chi connectivity index (χ4n) is 4.68. The van der Waals surface area contributed by atoms with E-state index in [0.717, 1.165) is 18.2 Å². The number of aliphatic hydroxyl groups is 6. The van der Waals surface area contributed by atoms with Gasteiger partial charge in [0.1, 0.15) is 59.6 Å². The second-order valence-corrected chi connectivity index (χ2v) is 9.85. The predicted octanol–water partition coefficient (Wildman–Crippen LogP) is -1.45. The fraction of sp³-hybridized carbons (Fsp3) is 0.423. The van der Waals surface area contributed by atoms with E-state index in [1.54, 1.807) is 0 Å². The summed E-state index contributed by atoms with van der Waals surface area (Å²) in [5.41, 5.74) is -0.0998. The molecule has 2 fully saturated rings. The second kappa shape index (κ2) is 11.5. The van der Waals surface area contributed by atoms with Gasteiger partial charge in [-0.2, -0.15) is 0 Å². The third kappa shape index (κ3) is 5.42. The van der Waals surface area contributed by atoms with Gasteiger partial charge in [0, 0.05) is 24.3 Å². The lowest BCUT2D eigenvalue weighted by atomic mass is 9.99. The molecule has 16 nitrogen and oxygen atoms in total. The van der Waals surface area contributed by atoms with Crippen molar-refractivity contribution in [2.45, 2.75) is 55.3 Å². The third-order valence-electron chi connectivity index (χ3n) is 6.98. The summed E-state index contributed by atoms with van der Waals surface area (Å²) in [4.78, 5) is 0. The maximum absolute atomic E-state index is 10.8. The Balaban J connectivity index is 1.42. The van der Waals surface area contributed by atoms with E-state index in [9.17, 15) is 56.2 Å². The quantitative estimate of drug-likeness (QED) is 0.115. The summed E-state index contributed by atoms with van der Waals surface area (Å²) in [6.45, 7) is -1.17. The van der Waals surface area contributed by atoms with Gasteiger partial charge in [0.15, 0.2) is 23.5 Å². The summed E-state index contributed by atoms with van der Waals surface area (Å²) < 4.78 is 27.9. The van der Waals surface area contributed by atoms with Crippen LogP contribution in [0.4, 0.5) is 0 Å². The van der Waals surface area contributed by atoms with Gasteiger partial charge in [0.2, 0.25) is 12.0 Å². The van der Waals surface area contributed by atoms with Gasteiger partial charge in [-0.05, 0) is 0 Å². The van der Waals surface area contributed by atoms with Crippen molar-refractivity contribution in [1.82, 2.24) is 0 Å². The van der Waals surface area contributed by atoms with Gasteiger partial charge < -0.3 is 75.1 Å². The normalized spacial score (nSPS) is 31.7. The molecule has 0 radical (unpaired) electrons. The van der Waals surface area contributed by atoms with Crippen molar-refractivity contribution >= 4 is 11.0 Å². The Labute approximate surface area is 235 Å². The molecule has 9 atom stereocenters. The second-order valence-electron chi connectivity index (χ2n) is 9.85. The highest BCUT2D eigenvalue weighted by Crippen LogP contribution is 2.44. The molecule has 1 aromatic heterocycles. The van der Waals surface area contributed by atoms with Crippen LogP contribution in [0.1, 0.15) is 0 Å². The van der Waals surface area contributed by atoms with Crippen molar-refractivity contribution in [2.24, 2.45) is 0 Å². The topological polar surface area (TPSA) is 271 Å². The zero-order valence-electron chi connectivity index (χ0n) is 21.5. The van der Waals surface area contributed by atoms with Crippen molar-refractivity contribution in [2.75, 3.05) is 13.2 Å². The number of rotatable bonds is 6. The van der Waals surface area contributed by atoms with Crippen LogP contribution in [0.3, 0.4) is 0 Å². The highest BCUT2D eigenvalue weighted by molar-refractivity contribution is 5.88. The van der Waals surface area contributed by atoms with Crippen LogP contribution in [0.15, 0.2) is 34.7 Å². The molecule has 3 aromatic rings. The number of benzene rings is 2. The van der Waals surface area contributed by atoms with Crippen molar-refractivity contribution in [3.05, 3.63) is 30.3 Å². The van der Waals surface area contributed by atoms with Crippen molar-refractivity contribution < 1.29 is 79.5 Å². The number of fused-ring (bicyclic) bond motifs is 1. The maximum atomic E-state index is 10.8. The van der Waals surface area contributed by atoms with Gasteiger partial charge in [0.05, 0.1) is 24.8 Å². The van der Waals surface area contributed by atoms with Crippen LogP contribution >= 0.6 is 0 Å². The lowest BCUT2D eigenvalue weighted by Gasteiger charge is -2.43. The largest absolute Gasteiger partial charge is 0.507 e. The number of hydrogen-bond donors (Lipinski definition) is 11. The lowest BCUT2D eigenvalue weighted by Crippen LogP contribution is -2.62. The average Bonchev–Trinajstić information content (AvgIpc) is 2.95. The molecule has 5 rings (SSSR count). The predicted molar refractivity (Wildman–Crippen MR) is 135 cm³/mol. The van der Waals surface area contributed by atoms with E-state index in [0.29, 0.717) is 0 Å². The number of phenolic OH excluding ortho intramolecular Hbond substituents is 5. The summed E-state index contributed by atoms with van der Waals surface area (Å²) >= 11 is 0. The average molecular weight is 598 g/mol. The first kappa shape index (κ1) is 29.8. The number of phenols is 5. The molecule has 0 unspecified atom stereocenters. The molecule has 228 valence electrons. The summed E-state index contributed by atoms with van der Waals surface area (Å²) in [5, 5.41) is 111. The van der Waals surface area contributed by atoms with Crippen LogP contribution in [0.5, 0.6) is 34.5 Å². The molecule has 11 N–H and O–H groups in total. The minimum absolute atomic E-state index is 0.0356. The van der Waals surface area contributed by atoms with Crippen LogP contribution < -0.4 is 4.74 Å². The van der Waals surface area contributed by atoms with Gasteiger partial charge in [-0.25, -0.2) is 4.42 Å². The van der Waals surface area contributed by atoms with E-state index in [2.05, 4.69) is 0 Å². The molecule has 0 spiro atoms. The molecular weight excluding hydrogens is 568 g/mol. The molecular formula is C26H29O16+. The molecule has 42 heavy (non-hydrogen) atoms. The Morgan fingerprint density at radius 1 is 0.762 bits per heavy atom. The number of ether oxygens (including phenoxy) is 4. The number of hydrogen-bond acceptors (Lipinski definition) is 15. The Morgan fingerprint density at radius 2 is 1.43 bits per heavy atom. The van der Waals surface area contributed by atoms with E-state index in [-0.39, 0.29) is 33.8 Å². The monoisotopic (exact) mass is 597 g/mol. The van der Waals surface area contributed by atoms with Crippen LogP contribution in [-0.4, -0.2) is 125 Å². The number of aliphatic hydroxyl groups excluding tert-OH is 6. The molecule has 2 aromatic carbocycles. The van der Waals surface area contributed by atoms with Crippen LogP contribution in [-0.2, 0) is 14.2 Å². The van der Waals surface area contributed by atoms with E-state index in [4.69, 9.17) is 23.4 Å². The van der Waals surface area contributed by atoms with Gasteiger partial charge in [-0.1, -0.05) is 0 Å². The smallest absolute Gasteiger partial charge is 0.402 e. The van der Waals surface area contributed by atoms with Crippen LogP contribution in [0, 0.1) is 0 Å². The standard InChI is InChI=1S/C26H28O16/c27-6-16-19(33)21(35)23(37)26(41-16)42-17-7-38-25(22(36)20(17)34)40-15-5-10-11(29)3-9(28)4-14(10)39-24(15)8-1-12(30)18(32)13(31)2-8/h1-5,16-17,19-23,25-27,33-37H,6-7H2,(H4-,28,29,30,31,32)/p+1/t16-,17-,19-,20+,21+,22-,23-,25+,26+/m1/s1. The highest BCUT2D eigenvalue weighted by atomic mass is 16.7. The molecule has 0 bridgehead atoms. The molecule has 0 aliphatic carbocycles. The maximum Gasteiger partial charge on any atom is 0.402 e. The molecule has 3 heterocycles. The van der Waals surface area contributed by atoms with Gasteiger partial charge in [-0.3, -0.25) is 0 Å². The summed E-state index contributed by atoms with van der Waals surface area (Å²) in [6, 6.07) is 5.47. The molecule has 2 aliphatic heterocycles. The van der Waals surface area contributed by atoms with E-state index >= 15 is 0 Å². The molecule has 2 aliphatic rings. The van der Waals surface area contributed by atoms with E-state index < -0.39 is 91.5 Å². The minimum Gasteiger partial charge on any atom is -0.507 e. The van der Waals surface area contributed by atoms with E-state index in [1.807, 2.05) is 0 Å². The van der Waals surface area contributed by atoms with Gasteiger partial charge >= 0.3 is 11.3 Å². The molecule has 2 saturated heterocycles. The van der Waals surface area contributed by atoms with Crippen LogP contribution in [0.25, 0.3) is 22.3 Å². The van der Waals surface area contributed by atoms with Crippen LogP contribution in [0.2, 0.25) is 0 Å². The SMILES string of the molecule is OC[C@H]1O[C@@H](O[C@@H]2CO[C@@H](Oc3cc4c(O)cc(O)cc4[o+]c3-c3cc(O)c(O)c(O)c3)[C@H](O)[C@H]2O)[C@H](O)[C@@H](O)[C@@H]1O. The zero-order chi connectivity index (χ0) is 30.5. The third-order valence-corrected chi connectivity index (χ3v) is 6.98. The summed E-state index contributed by atoms with van der Waals surface area (Å²) in [6.07, 6.45) is -14.6. The van der Waals surface area contributed by atoms with Gasteiger partial charge in [-0.15, -0.1) is 0 Å². The first-order valence-electron chi connectivity index (χ1n) is 12.6. The Morgan fingerprint density at radius 3 is 2.10 bits per heavy atom. The number of aromatic hydroxyl groups is 5. The first-order chi connectivity index (χ1) is 19.9. The Bertz CT molecular complexity index is 1420. The van der Waals surface area contributed by atoms with Crippen molar-refractivity contribution in [3.8, 4) is 45.8 Å². The highest BCUT2D eigenvalue weighted by Gasteiger charge is 2.48. The van der Waals surface area contributed by atoms with Crippen molar-refractivity contribution in [3.63, 3.8) is 0 Å². The molecule has 16 heteroatoms. The zero-order valence-corrected chi connectivity index (χ0v) is 21.5.